The molecular weight excluding hydrogens is 296 g/mol. The van der Waals surface area contributed by atoms with Gasteiger partial charge in [0.05, 0.1) is 11.1 Å². The fourth-order valence-corrected chi connectivity index (χ4v) is 3.03. The van der Waals surface area contributed by atoms with Crippen molar-refractivity contribution in [2.45, 2.75) is 13.8 Å². The van der Waals surface area contributed by atoms with Gasteiger partial charge in [0.1, 0.15) is 0 Å². The number of carbonyl (C=O) groups is 1. The zero-order valence-corrected chi connectivity index (χ0v) is 13.1. The van der Waals surface area contributed by atoms with Gasteiger partial charge in [-0.05, 0) is 31.5 Å². The van der Waals surface area contributed by atoms with Crippen LogP contribution in [0.1, 0.15) is 21.5 Å². The van der Waals surface area contributed by atoms with E-state index in [0.717, 1.165) is 33.2 Å². The van der Waals surface area contributed by atoms with Gasteiger partial charge >= 0.3 is 0 Å². The smallest absolute Gasteiger partial charge is 0.250 e. The Morgan fingerprint density at radius 3 is 2.59 bits per heavy atom. The molecule has 0 aliphatic heterocycles. The van der Waals surface area contributed by atoms with Gasteiger partial charge in [0.2, 0.25) is 0 Å². The topological polar surface area (TPSA) is 56.0 Å². The zero-order valence-electron chi connectivity index (χ0n) is 12.4. The molecule has 0 atom stereocenters. The highest BCUT2D eigenvalue weighted by atomic mass is 35.5. The highest BCUT2D eigenvalue weighted by Gasteiger charge is 2.18. The van der Waals surface area contributed by atoms with Gasteiger partial charge in [-0.15, -0.1) is 0 Å². The van der Waals surface area contributed by atoms with Crippen molar-refractivity contribution in [2.24, 2.45) is 5.73 Å². The van der Waals surface area contributed by atoms with E-state index < -0.39 is 5.91 Å². The second-order valence-electron chi connectivity index (χ2n) is 5.37. The molecule has 0 saturated heterocycles. The highest BCUT2D eigenvalue weighted by molar-refractivity contribution is 6.34. The van der Waals surface area contributed by atoms with Crippen molar-refractivity contribution >= 4 is 28.4 Å². The van der Waals surface area contributed by atoms with Gasteiger partial charge in [-0.25, -0.2) is 0 Å². The molecule has 1 amide bonds. The zero-order chi connectivity index (χ0) is 15.9. The molecule has 3 aromatic rings. The molecular formula is C18H15ClN2O. The van der Waals surface area contributed by atoms with Crippen molar-refractivity contribution in [1.82, 2.24) is 4.98 Å². The van der Waals surface area contributed by atoms with E-state index in [-0.39, 0.29) is 0 Å². The first-order chi connectivity index (χ1) is 10.5. The average Bonchev–Trinajstić information content (AvgIpc) is 2.46. The van der Waals surface area contributed by atoms with Gasteiger partial charge in [0.15, 0.2) is 0 Å². The van der Waals surface area contributed by atoms with Crippen molar-refractivity contribution in [1.29, 1.82) is 0 Å². The summed E-state index contributed by atoms with van der Waals surface area (Å²) >= 11 is 6.34. The quantitative estimate of drug-likeness (QED) is 0.768. The maximum absolute atomic E-state index is 11.9. The summed E-state index contributed by atoms with van der Waals surface area (Å²) in [6.45, 7) is 4.02. The first-order valence-corrected chi connectivity index (χ1v) is 7.31. The van der Waals surface area contributed by atoms with Crippen LogP contribution in [0.15, 0.2) is 42.6 Å². The molecule has 0 aliphatic rings. The molecule has 1 aromatic heterocycles. The Kier molecular flexibility index (Phi) is 3.59. The summed E-state index contributed by atoms with van der Waals surface area (Å²) in [4.78, 5) is 16.3. The molecule has 0 unspecified atom stereocenters. The number of benzene rings is 2. The predicted molar refractivity (Wildman–Crippen MR) is 90.2 cm³/mol. The number of aryl methyl sites for hydroxylation is 2. The monoisotopic (exact) mass is 310 g/mol. The molecule has 1 heterocycles. The number of primary amides is 1. The summed E-state index contributed by atoms with van der Waals surface area (Å²) in [6, 6.07) is 11.5. The number of halogens is 1. The van der Waals surface area contributed by atoms with Crippen molar-refractivity contribution in [2.75, 3.05) is 0 Å². The number of hydrogen-bond donors (Lipinski definition) is 1. The Labute approximate surface area is 133 Å². The van der Waals surface area contributed by atoms with Crippen molar-refractivity contribution in [3.05, 3.63) is 64.3 Å². The highest BCUT2D eigenvalue weighted by Crippen LogP contribution is 2.36. The third-order valence-corrected chi connectivity index (χ3v) is 4.04. The Morgan fingerprint density at radius 1 is 1.18 bits per heavy atom. The Hall–Kier alpha value is -2.39. The van der Waals surface area contributed by atoms with Crippen LogP contribution in [-0.4, -0.2) is 10.9 Å². The lowest BCUT2D eigenvalue weighted by Gasteiger charge is -2.14. The lowest BCUT2D eigenvalue weighted by atomic mass is 9.93. The Morgan fingerprint density at radius 2 is 1.91 bits per heavy atom. The number of carbonyl (C=O) groups excluding carboxylic acids is 1. The van der Waals surface area contributed by atoms with Crippen LogP contribution >= 0.6 is 11.6 Å². The number of fused-ring (bicyclic) bond motifs is 1. The number of rotatable bonds is 2. The summed E-state index contributed by atoms with van der Waals surface area (Å²) < 4.78 is 0. The van der Waals surface area contributed by atoms with E-state index in [2.05, 4.69) is 11.1 Å². The van der Waals surface area contributed by atoms with E-state index in [1.165, 1.54) is 6.20 Å². The van der Waals surface area contributed by atoms with Gasteiger partial charge < -0.3 is 5.73 Å². The van der Waals surface area contributed by atoms with Gasteiger partial charge in [-0.1, -0.05) is 41.4 Å². The minimum Gasteiger partial charge on any atom is -0.366 e. The van der Waals surface area contributed by atoms with Crippen LogP contribution in [-0.2, 0) is 0 Å². The number of nitrogens with zero attached hydrogens (tertiary/aromatic N) is 1. The van der Waals surface area contributed by atoms with Crippen LogP contribution in [0.5, 0.6) is 0 Å². The first-order valence-electron chi connectivity index (χ1n) is 6.93. The molecule has 3 rings (SSSR count). The fraction of sp³-hybridized carbons (Fsp3) is 0.111. The SMILES string of the molecule is Cc1cc(C)c2ncc(C(N)=O)c(-c3ccccc3Cl)c2c1. The maximum atomic E-state index is 11.9. The fourth-order valence-electron chi connectivity index (χ4n) is 2.80. The van der Waals surface area contributed by atoms with E-state index in [9.17, 15) is 4.79 Å². The van der Waals surface area contributed by atoms with Crippen LogP contribution < -0.4 is 5.73 Å². The third kappa shape index (κ3) is 2.34. The van der Waals surface area contributed by atoms with Crippen LogP contribution in [0.4, 0.5) is 0 Å². The van der Waals surface area contributed by atoms with Gasteiger partial charge in [-0.3, -0.25) is 9.78 Å². The standard InChI is InChI=1S/C18H15ClN2O/c1-10-7-11(2)17-13(8-10)16(14(9-21-17)18(20)22)12-5-3-4-6-15(12)19/h3-9H,1-2H3,(H2,20,22). The summed E-state index contributed by atoms with van der Waals surface area (Å²) in [6.07, 6.45) is 1.53. The lowest BCUT2D eigenvalue weighted by Crippen LogP contribution is -2.13. The van der Waals surface area contributed by atoms with Crippen molar-refractivity contribution in [3.8, 4) is 11.1 Å². The lowest BCUT2D eigenvalue weighted by molar-refractivity contribution is 0.100. The molecule has 2 aromatic carbocycles. The molecule has 22 heavy (non-hydrogen) atoms. The van der Waals surface area contributed by atoms with Crippen LogP contribution in [0.2, 0.25) is 5.02 Å². The molecule has 2 N–H and O–H groups in total. The molecule has 0 aliphatic carbocycles. The van der Waals surface area contributed by atoms with E-state index in [1.54, 1.807) is 6.07 Å². The third-order valence-electron chi connectivity index (χ3n) is 3.71. The summed E-state index contributed by atoms with van der Waals surface area (Å²) in [5.74, 6) is -0.511. The second kappa shape index (κ2) is 5.43. The molecule has 0 spiro atoms. The Balaban J connectivity index is 2.51. The average molecular weight is 311 g/mol. The molecule has 4 heteroatoms. The first kappa shape index (κ1) is 14.5. The van der Waals surface area contributed by atoms with E-state index >= 15 is 0 Å². The van der Waals surface area contributed by atoms with Gasteiger partial charge in [-0.2, -0.15) is 0 Å². The maximum Gasteiger partial charge on any atom is 0.250 e. The minimum absolute atomic E-state index is 0.380. The predicted octanol–water partition coefficient (Wildman–Crippen LogP) is 4.27. The van der Waals surface area contributed by atoms with Crippen LogP contribution in [0.3, 0.4) is 0 Å². The second-order valence-corrected chi connectivity index (χ2v) is 5.78. The van der Waals surface area contributed by atoms with Gasteiger partial charge in [0, 0.05) is 27.7 Å². The summed E-state index contributed by atoms with van der Waals surface area (Å²) in [5, 5.41) is 1.47. The van der Waals surface area contributed by atoms with Gasteiger partial charge in [0.25, 0.3) is 5.91 Å². The number of nitrogens with two attached hydrogens (primary N) is 1. The van der Waals surface area contributed by atoms with E-state index in [0.29, 0.717) is 10.6 Å². The van der Waals surface area contributed by atoms with Crippen molar-refractivity contribution < 1.29 is 4.79 Å². The molecule has 0 fully saturated rings. The number of aromatic nitrogens is 1. The molecule has 0 radical (unpaired) electrons. The number of hydrogen-bond acceptors (Lipinski definition) is 2. The molecule has 0 saturated carbocycles. The molecule has 0 bridgehead atoms. The normalized spacial score (nSPS) is 10.9. The van der Waals surface area contributed by atoms with E-state index in [4.69, 9.17) is 17.3 Å². The van der Waals surface area contributed by atoms with Crippen LogP contribution in [0.25, 0.3) is 22.0 Å². The minimum atomic E-state index is -0.511. The van der Waals surface area contributed by atoms with Crippen molar-refractivity contribution in [3.63, 3.8) is 0 Å². The van der Waals surface area contributed by atoms with E-state index in [1.807, 2.05) is 38.1 Å². The number of amides is 1. The Bertz CT molecular complexity index is 903. The van der Waals surface area contributed by atoms with Crippen LogP contribution in [0, 0.1) is 13.8 Å². The summed E-state index contributed by atoms with van der Waals surface area (Å²) in [7, 11) is 0. The number of pyridine rings is 1. The largest absolute Gasteiger partial charge is 0.366 e. The molecule has 110 valence electrons. The summed E-state index contributed by atoms with van der Waals surface area (Å²) in [5.41, 5.74) is 10.5. The molecule has 3 nitrogen and oxygen atoms in total.